The SMILES string of the molecule is COc1cccc(-c2cc(C#N)c(NC(=O)c3cc([N+](=O)[O-])ccc3Cl)o2)c1. The first-order chi connectivity index (χ1) is 13.4. The van der Waals surface area contributed by atoms with Gasteiger partial charge in [-0.15, -0.1) is 0 Å². The number of nitro groups is 1. The summed E-state index contributed by atoms with van der Waals surface area (Å²) in [5.41, 5.74) is 0.336. The fraction of sp³-hybridized carbons (Fsp3) is 0.0526. The van der Waals surface area contributed by atoms with Gasteiger partial charge in [0.25, 0.3) is 11.6 Å². The summed E-state index contributed by atoms with van der Waals surface area (Å²) in [7, 11) is 1.52. The molecule has 8 nitrogen and oxygen atoms in total. The first-order valence-corrected chi connectivity index (χ1v) is 8.24. The Labute approximate surface area is 164 Å². The third kappa shape index (κ3) is 3.79. The van der Waals surface area contributed by atoms with Crippen molar-refractivity contribution < 1.29 is 18.9 Å². The predicted octanol–water partition coefficient (Wildman–Crippen LogP) is 4.64. The summed E-state index contributed by atoms with van der Waals surface area (Å²) in [6.45, 7) is 0. The Balaban J connectivity index is 1.94. The minimum absolute atomic E-state index is 0.0289. The van der Waals surface area contributed by atoms with Crippen LogP contribution in [0, 0.1) is 21.4 Å². The molecule has 0 radical (unpaired) electrons. The second-order valence-electron chi connectivity index (χ2n) is 5.57. The fourth-order valence-corrected chi connectivity index (χ4v) is 2.66. The van der Waals surface area contributed by atoms with E-state index in [0.717, 1.165) is 6.07 Å². The van der Waals surface area contributed by atoms with Gasteiger partial charge in [0.2, 0.25) is 5.88 Å². The standard InChI is InChI=1S/C19H12ClN3O5/c1-27-14-4-2-3-11(7-14)17-8-12(10-21)19(28-17)22-18(24)15-9-13(23(25)26)5-6-16(15)20/h2-9H,1H3,(H,22,24). The molecule has 140 valence electrons. The molecule has 0 unspecified atom stereocenters. The van der Waals surface area contributed by atoms with Crippen LogP contribution in [0.25, 0.3) is 11.3 Å². The van der Waals surface area contributed by atoms with Gasteiger partial charge in [-0.25, -0.2) is 0 Å². The number of nitro benzene ring substituents is 1. The highest BCUT2D eigenvalue weighted by Crippen LogP contribution is 2.31. The summed E-state index contributed by atoms with van der Waals surface area (Å²) >= 11 is 5.98. The smallest absolute Gasteiger partial charge is 0.270 e. The van der Waals surface area contributed by atoms with Crippen LogP contribution < -0.4 is 10.1 Å². The lowest BCUT2D eigenvalue weighted by atomic mass is 10.1. The van der Waals surface area contributed by atoms with Crippen LogP contribution in [0.5, 0.6) is 5.75 Å². The lowest BCUT2D eigenvalue weighted by Crippen LogP contribution is -2.13. The molecule has 0 spiro atoms. The van der Waals surface area contributed by atoms with Crippen molar-refractivity contribution in [2.75, 3.05) is 12.4 Å². The lowest BCUT2D eigenvalue weighted by Gasteiger charge is -2.05. The second-order valence-corrected chi connectivity index (χ2v) is 5.98. The zero-order valence-electron chi connectivity index (χ0n) is 14.4. The molecule has 28 heavy (non-hydrogen) atoms. The number of carbonyl (C=O) groups excluding carboxylic acids is 1. The number of hydrogen-bond acceptors (Lipinski definition) is 6. The number of nitrogens with one attached hydrogen (secondary N) is 1. The van der Waals surface area contributed by atoms with Crippen LogP contribution in [0.4, 0.5) is 11.6 Å². The number of furan rings is 1. The Morgan fingerprint density at radius 1 is 1.29 bits per heavy atom. The van der Waals surface area contributed by atoms with E-state index in [2.05, 4.69) is 5.32 Å². The molecule has 0 saturated carbocycles. The van der Waals surface area contributed by atoms with Crippen molar-refractivity contribution >= 4 is 29.1 Å². The molecule has 0 aliphatic heterocycles. The van der Waals surface area contributed by atoms with Crippen LogP contribution >= 0.6 is 11.6 Å². The Hall–Kier alpha value is -3.83. The van der Waals surface area contributed by atoms with Crippen LogP contribution in [-0.4, -0.2) is 17.9 Å². The molecule has 3 aromatic rings. The maximum absolute atomic E-state index is 12.5. The fourth-order valence-electron chi connectivity index (χ4n) is 2.46. The monoisotopic (exact) mass is 397 g/mol. The molecule has 0 saturated heterocycles. The first kappa shape index (κ1) is 18.9. The van der Waals surface area contributed by atoms with Gasteiger partial charge in [0.15, 0.2) is 0 Å². The van der Waals surface area contributed by atoms with Crippen LogP contribution in [0.15, 0.2) is 52.9 Å². The van der Waals surface area contributed by atoms with Gasteiger partial charge in [0.05, 0.1) is 22.6 Å². The number of halogens is 1. The molecule has 1 aromatic heterocycles. The molecule has 0 aliphatic rings. The lowest BCUT2D eigenvalue weighted by molar-refractivity contribution is -0.384. The van der Waals surface area contributed by atoms with E-state index >= 15 is 0 Å². The van der Waals surface area contributed by atoms with E-state index < -0.39 is 10.8 Å². The second kappa shape index (κ2) is 7.82. The van der Waals surface area contributed by atoms with Gasteiger partial charge < -0.3 is 9.15 Å². The van der Waals surface area contributed by atoms with Crippen molar-refractivity contribution in [1.82, 2.24) is 0 Å². The van der Waals surface area contributed by atoms with E-state index in [1.165, 1.54) is 25.3 Å². The Bertz CT molecular complexity index is 1120. The van der Waals surface area contributed by atoms with Crippen LogP contribution in [0.2, 0.25) is 5.02 Å². The minimum atomic E-state index is -0.739. The number of benzene rings is 2. The van der Waals surface area contributed by atoms with Crippen molar-refractivity contribution in [2.24, 2.45) is 0 Å². The first-order valence-electron chi connectivity index (χ1n) is 7.86. The molecule has 3 rings (SSSR count). The topological polar surface area (TPSA) is 118 Å². The van der Waals surface area contributed by atoms with Crippen LogP contribution in [0.1, 0.15) is 15.9 Å². The predicted molar refractivity (Wildman–Crippen MR) is 101 cm³/mol. The Morgan fingerprint density at radius 2 is 2.07 bits per heavy atom. The molecule has 1 amide bonds. The van der Waals surface area contributed by atoms with Gasteiger partial charge in [0.1, 0.15) is 23.1 Å². The molecule has 0 fully saturated rings. The molecule has 0 aliphatic carbocycles. The maximum Gasteiger partial charge on any atom is 0.270 e. The van der Waals surface area contributed by atoms with E-state index in [1.807, 2.05) is 6.07 Å². The van der Waals surface area contributed by atoms with Crippen molar-refractivity contribution in [1.29, 1.82) is 5.26 Å². The van der Waals surface area contributed by atoms with Gasteiger partial charge in [-0.3, -0.25) is 20.2 Å². The molecule has 9 heteroatoms. The normalized spacial score (nSPS) is 10.2. The van der Waals surface area contributed by atoms with E-state index in [-0.39, 0.29) is 27.7 Å². The van der Waals surface area contributed by atoms with E-state index in [1.54, 1.807) is 24.3 Å². The third-order valence-electron chi connectivity index (χ3n) is 3.84. The number of methoxy groups -OCH3 is 1. The van der Waals surface area contributed by atoms with Gasteiger partial charge >= 0.3 is 0 Å². The summed E-state index contributed by atoms with van der Waals surface area (Å²) in [6, 6.07) is 13.9. The number of nitriles is 1. The Morgan fingerprint density at radius 3 is 2.75 bits per heavy atom. The summed E-state index contributed by atoms with van der Waals surface area (Å²) in [4.78, 5) is 22.8. The molecule has 2 aromatic carbocycles. The number of ether oxygens (including phenoxy) is 1. The average Bonchev–Trinajstić information content (AvgIpc) is 3.10. The van der Waals surface area contributed by atoms with Crippen LogP contribution in [0.3, 0.4) is 0 Å². The molecule has 1 N–H and O–H groups in total. The number of non-ortho nitro benzene ring substituents is 1. The van der Waals surface area contributed by atoms with Crippen molar-refractivity contribution in [2.45, 2.75) is 0 Å². The van der Waals surface area contributed by atoms with Crippen molar-refractivity contribution in [3.63, 3.8) is 0 Å². The molecule has 0 atom stereocenters. The summed E-state index contributed by atoms with van der Waals surface area (Å²) in [6.07, 6.45) is 0. The van der Waals surface area contributed by atoms with Gasteiger partial charge in [-0.2, -0.15) is 5.26 Å². The highest BCUT2D eigenvalue weighted by Gasteiger charge is 2.20. The Kier molecular flexibility index (Phi) is 5.29. The van der Waals surface area contributed by atoms with Crippen molar-refractivity contribution in [3.8, 4) is 23.1 Å². The molecular weight excluding hydrogens is 386 g/mol. The number of hydrogen-bond donors (Lipinski definition) is 1. The zero-order chi connectivity index (χ0) is 20.3. The number of nitrogens with zero attached hydrogens (tertiary/aromatic N) is 2. The summed E-state index contributed by atoms with van der Waals surface area (Å²) in [5, 5.41) is 22.7. The molecule has 0 bridgehead atoms. The van der Waals surface area contributed by atoms with E-state index in [4.69, 9.17) is 20.8 Å². The maximum atomic E-state index is 12.5. The number of anilines is 1. The summed E-state index contributed by atoms with van der Waals surface area (Å²) < 4.78 is 10.8. The van der Waals surface area contributed by atoms with Crippen molar-refractivity contribution in [3.05, 3.63) is 74.8 Å². The molecule has 1 heterocycles. The highest BCUT2D eigenvalue weighted by atomic mass is 35.5. The summed E-state index contributed by atoms with van der Waals surface area (Å²) in [5.74, 6) is 0.113. The largest absolute Gasteiger partial charge is 0.497 e. The third-order valence-corrected chi connectivity index (χ3v) is 4.17. The van der Waals surface area contributed by atoms with E-state index in [0.29, 0.717) is 17.1 Å². The number of rotatable bonds is 5. The quantitative estimate of drug-likeness (QED) is 0.494. The zero-order valence-corrected chi connectivity index (χ0v) is 15.2. The number of carbonyl (C=O) groups is 1. The van der Waals surface area contributed by atoms with Gasteiger partial charge in [-0.1, -0.05) is 23.7 Å². The van der Waals surface area contributed by atoms with Gasteiger partial charge in [0, 0.05) is 23.8 Å². The molecular formula is C19H12ClN3O5. The highest BCUT2D eigenvalue weighted by molar-refractivity contribution is 6.34. The van der Waals surface area contributed by atoms with Gasteiger partial charge in [-0.05, 0) is 18.2 Å². The van der Waals surface area contributed by atoms with Crippen LogP contribution in [-0.2, 0) is 0 Å². The number of amides is 1. The average molecular weight is 398 g/mol. The van der Waals surface area contributed by atoms with E-state index in [9.17, 15) is 20.2 Å². The minimum Gasteiger partial charge on any atom is -0.497 e.